The molecule has 3 aromatic rings. The fraction of sp³-hybridized carbons (Fsp3) is 0.214. The third-order valence-corrected chi connectivity index (χ3v) is 4.41. The Morgan fingerprint density at radius 1 is 1.38 bits per heavy atom. The van der Waals surface area contributed by atoms with Crippen LogP contribution in [0.1, 0.15) is 16.4 Å². The van der Waals surface area contributed by atoms with E-state index in [1.807, 2.05) is 12.1 Å². The highest BCUT2D eigenvalue weighted by Crippen LogP contribution is 2.26. The van der Waals surface area contributed by atoms with Crippen molar-refractivity contribution in [1.82, 2.24) is 20.0 Å². The predicted molar refractivity (Wildman–Crippen MR) is 92.1 cm³/mol. The van der Waals surface area contributed by atoms with E-state index in [9.17, 15) is 10.1 Å². The minimum Gasteiger partial charge on any atom is -0.330 e. The lowest BCUT2D eigenvalue weighted by molar-refractivity contribution is -0.386. The topological polar surface area (TPSA) is 98.8 Å². The third kappa shape index (κ3) is 3.36. The highest BCUT2D eigenvalue weighted by atomic mass is 35.5. The van der Waals surface area contributed by atoms with Crippen LogP contribution in [0.3, 0.4) is 0 Å². The number of benzene rings is 1. The molecule has 0 saturated carbocycles. The van der Waals surface area contributed by atoms with Gasteiger partial charge in [-0.3, -0.25) is 14.8 Å². The van der Waals surface area contributed by atoms with Crippen molar-refractivity contribution < 1.29 is 4.92 Å². The van der Waals surface area contributed by atoms with Crippen molar-refractivity contribution in [2.75, 3.05) is 5.32 Å². The van der Waals surface area contributed by atoms with Crippen LogP contribution in [0.5, 0.6) is 0 Å². The van der Waals surface area contributed by atoms with Crippen molar-refractivity contribution in [3.05, 3.63) is 55.8 Å². The molecule has 0 spiro atoms. The summed E-state index contributed by atoms with van der Waals surface area (Å²) >= 11 is 7.30. The SMILES string of the molecule is Cc1nn(Cc2nnc(Nc3cccc(Cl)c3)s2)c(C)c1[N+](=O)[O-]. The van der Waals surface area contributed by atoms with Crippen LogP contribution in [0.25, 0.3) is 0 Å². The number of hydrogen-bond donors (Lipinski definition) is 1. The summed E-state index contributed by atoms with van der Waals surface area (Å²) in [5, 5.41) is 28.5. The molecule has 2 aromatic heterocycles. The molecule has 0 saturated heterocycles. The third-order valence-electron chi connectivity index (χ3n) is 3.35. The van der Waals surface area contributed by atoms with Crippen LogP contribution in [0, 0.1) is 24.0 Å². The van der Waals surface area contributed by atoms with Gasteiger partial charge in [-0.1, -0.05) is 29.0 Å². The molecular weight excluding hydrogens is 352 g/mol. The fourth-order valence-corrected chi connectivity index (χ4v) is 3.22. The zero-order valence-corrected chi connectivity index (χ0v) is 14.4. The van der Waals surface area contributed by atoms with Crippen molar-refractivity contribution in [3.8, 4) is 0 Å². The van der Waals surface area contributed by atoms with Gasteiger partial charge in [-0.2, -0.15) is 5.10 Å². The van der Waals surface area contributed by atoms with Crippen LogP contribution < -0.4 is 5.32 Å². The molecule has 0 unspecified atom stereocenters. The van der Waals surface area contributed by atoms with Gasteiger partial charge in [0, 0.05) is 10.7 Å². The summed E-state index contributed by atoms with van der Waals surface area (Å²) in [5.74, 6) is 0. The average molecular weight is 365 g/mol. The summed E-state index contributed by atoms with van der Waals surface area (Å²) in [6.45, 7) is 3.62. The lowest BCUT2D eigenvalue weighted by Gasteiger charge is -2.01. The van der Waals surface area contributed by atoms with Crippen molar-refractivity contribution in [2.45, 2.75) is 20.4 Å². The molecule has 124 valence electrons. The average Bonchev–Trinajstić information content (AvgIpc) is 3.04. The molecular formula is C14H13ClN6O2S. The van der Waals surface area contributed by atoms with E-state index in [2.05, 4.69) is 20.6 Å². The van der Waals surface area contributed by atoms with Gasteiger partial charge in [0.15, 0.2) is 0 Å². The van der Waals surface area contributed by atoms with Gasteiger partial charge in [0.2, 0.25) is 5.13 Å². The first-order valence-electron chi connectivity index (χ1n) is 6.97. The Kier molecular flexibility index (Phi) is 4.45. The minimum atomic E-state index is -0.416. The Bertz CT molecular complexity index is 907. The van der Waals surface area contributed by atoms with Crippen LogP contribution in [-0.2, 0) is 6.54 Å². The largest absolute Gasteiger partial charge is 0.330 e. The summed E-state index contributed by atoms with van der Waals surface area (Å²) in [6, 6.07) is 7.28. The summed E-state index contributed by atoms with van der Waals surface area (Å²) < 4.78 is 1.57. The highest BCUT2D eigenvalue weighted by Gasteiger charge is 2.22. The lowest BCUT2D eigenvalue weighted by Crippen LogP contribution is -2.04. The van der Waals surface area contributed by atoms with Gasteiger partial charge < -0.3 is 5.32 Å². The monoisotopic (exact) mass is 364 g/mol. The number of anilines is 2. The molecule has 0 aliphatic heterocycles. The molecule has 0 bridgehead atoms. The molecule has 24 heavy (non-hydrogen) atoms. The van der Waals surface area contributed by atoms with Gasteiger partial charge in [0.1, 0.15) is 16.4 Å². The van der Waals surface area contributed by atoms with E-state index in [4.69, 9.17) is 11.6 Å². The predicted octanol–water partition coefficient (Wildman–Crippen LogP) is 3.70. The van der Waals surface area contributed by atoms with Gasteiger partial charge in [0.05, 0.1) is 11.5 Å². The van der Waals surface area contributed by atoms with Gasteiger partial charge in [-0.25, -0.2) is 0 Å². The second-order valence-electron chi connectivity index (χ2n) is 5.07. The summed E-state index contributed by atoms with van der Waals surface area (Å²) in [4.78, 5) is 10.6. The summed E-state index contributed by atoms with van der Waals surface area (Å²) in [7, 11) is 0. The zero-order chi connectivity index (χ0) is 17.3. The standard InChI is InChI=1S/C14H13ClN6O2S/c1-8-13(21(22)23)9(2)20(19-8)7-12-17-18-14(24-12)16-11-5-3-4-10(15)6-11/h3-6H,7H2,1-2H3,(H,16,18). The molecule has 0 aliphatic rings. The first kappa shape index (κ1) is 16.3. The smallest absolute Gasteiger partial charge is 0.312 e. The van der Waals surface area contributed by atoms with Gasteiger partial charge in [-0.15, -0.1) is 10.2 Å². The number of aryl methyl sites for hydroxylation is 1. The number of rotatable bonds is 5. The maximum Gasteiger partial charge on any atom is 0.312 e. The van der Waals surface area contributed by atoms with Crippen LogP contribution >= 0.6 is 22.9 Å². The van der Waals surface area contributed by atoms with E-state index in [0.717, 1.165) is 5.69 Å². The van der Waals surface area contributed by atoms with E-state index in [0.29, 0.717) is 33.1 Å². The van der Waals surface area contributed by atoms with Crippen LogP contribution in [0.2, 0.25) is 5.02 Å². The number of hydrogen-bond acceptors (Lipinski definition) is 7. The first-order valence-corrected chi connectivity index (χ1v) is 8.17. The molecule has 0 fully saturated rings. The van der Waals surface area contributed by atoms with E-state index in [1.54, 1.807) is 30.7 Å². The quantitative estimate of drug-likeness (QED) is 0.547. The van der Waals surface area contributed by atoms with E-state index < -0.39 is 4.92 Å². The van der Waals surface area contributed by atoms with Gasteiger partial charge in [-0.05, 0) is 32.0 Å². The van der Waals surface area contributed by atoms with Gasteiger partial charge in [0.25, 0.3) is 0 Å². The minimum absolute atomic E-state index is 0.0387. The Morgan fingerprint density at radius 3 is 2.83 bits per heavy atom. The molecule has 2 heterocycles. The molecule has 10 heteroatoms. The molecule has 0 amide bonds. The van der Waals surface area contributed by atoms with Gasteiger partial charge >= 0.3 is 5.69 Å². The number of aromatic nitrogens is 4. The second kappa shape index (κ2) is 6.54. The van der Waals surface area contributed by atoms with Crippen molar-refractivity contribution in [3.63, 3.8) is 0 Å². The highest BCUT2D eigenvalue weighted by molar-refractivity contribution is 7.15. The molecule has 0 aliphatic carbocycles. The molecule has 0 radical (unpaired) electrons. The zero-order valence-electron chi connectivity index (χ0n) is 12.9. The Morgan fingerprint density at radius 2 is 2.17 bits per heavy atom. The number of nitrogens with zero attached hydrogens (tertiary/aromatic N) is 5. The molecule has 3 rings (SSSR count). The van der Waals surface area contributed by atoms with Crippen LogP contribution in [-0.4, -0.2) is 24.9 Å². The normalized spacial score (nSPS) is 10.8. The maximum atomic E-state index is 11.0. The van der Waals surface area contributed by atoms with E-state index >= 15 is 0 Å². The molecule has 1 aromatic carbocycles. The first-order chi connectivity index (χ1) is 11.4. The Balaban J connectivity index is 1.77. The molecule has 8 nitrogen and oxygen atoms in total. The molecule has 0 atom stereocenters. The number of halogens is 1. The van der Waals surface area contributed by atoms with Crippen LogP contribution in [0.4, 0.5) is 16.5 Å². The van der Waals surface area contributed by atoms with Crippen molar-refractivity contribution in [2.24, 2.45) is 0 Å². The Labute approximate surface area is 146 Å². The number of nitro groups is 1. The van der Waals surface area contributed by atoms with E-state index in [1.165, 1.54) is 11.3 Å². The maximum absolute atomic E-state index is 11.0. The van der Waals surface area contributed by atoms with Crippen molar-refractivity contribution >= 4 is 39.4 Å². The summed E-state index contributed by atoms with van der Waals surface area (Å²) in [5.41, 5.74) is 1.74. The fourth-order valence-electron chi connectivity index (χ4n) is 2.29. The lowest BCUT2D eigenvalue weighted by atomic mass is 10.3. The van der Waals surface area contributed by atoms with Crippen LogP contribution in [0.15, 0.2) is 24.3 Å². The second-order valence-corrected chi connectivity index (χ2v) is 6.57. The number of nitrogens with one attached hydrogen (secondary N) is 1. The molecule has 1 N–H and O–H groups in total. The summed E-state index contributed by atoms with van der Waals surface area (Å²) in [6.07, 6.45) is 0. The Hall–Kier alpha value is -2.52. The van der Waals surface area contributed by atoms with E-state index in [-0.39, 0.29) is 5.69 Å². The van der Waals surface area contributed by atoms with Crippen molar-refractivity contribution in [1.29, 1.82) is 0 Å².